The minimum Gasteiger partial charge on any atom is -0.256 e. The Morgan fingerprint density at radius 1 is 0.324 bits per heavy atom. The number of rotatable bonds is 13. The van der Waals surface area contributed by atoms with Crippen LogP contribution < -0.4 is 0 Å². The number of nitriles is 1. The van der Waals surface area contributed by atoms with Crippen LogP contribution in [0.1, 0.15) is 38.9 Å². The number of pyridine rings is 3. The van der Waals surface area contributed by atoms with Gasteiger partial charge < -0.3 is 0 Å². The highest BCUT2D eigenvalue weighted by Crippen LogP contribution is 2.41. The minimum absolute atomic E-state index is 0.747. The zero-order valence-electron chi connectivity index (χ0n) is 38.4. The van der Waals surface area contributed by atoms with Gasteiger partial charge in [-0.1, -0.05) is 158 Å². The molecule has 0 spiro atoms. The second-order valence-corrected chi connectivity index (χ2v) is 17.6. The van der Waals surface area contributed by atoms with Crippen LogP contribution in [0.15, 0.2) is 219 Å². The molecule has 326 valence electrons. The van der Waals surface area contributed by atoms with Gasteiger partial charge in [0.15, 0.2) is 0 Å². The smallest absolute Gasteiger partial charge is 0.0997 e. The first-order valence-corrected chi connectivity index (χ1v) is 23.4. The molecular weight excluding hydrogens is 825 g/mol. The first-order chi connectivity index (χ1) is 33.5. The summed E-state index contributed by atoms with van der Waals surface area (Å²) in [5.74, 6) is 0. The van der Waals surface area contributed by atoms with Crippen molar-refractivity contribution in [2.75, 3.05) is 0 Å². The molecule has 0 bridgehead atoms. The Morgan fingerprint density at radius 2 is 0.750 bits per heavy atom. The summed E-state index contributed by atoms with van der Waals surface area (Å²) in [5, 5.41) is 9.72. The molecule has 0 N–H and O–H groups in total. The fraction of sp³-hybridized carbons (Fsp3) is 0.0938. The SMILES string of the molecule is Cc1cc(-c2ccc(-c3cc(-c4ccccn4)ccc3-c3ccccc3-c3cc(CCc4ccc(-c5ccccn5)cc4)cc(CCc4ccc(-c5ccccn5)cc4)c3)cc2)cc(C)c1C#N. The van der Waals surface area contributed by atoms with E-state index in [0.29, 0.717) is 0 Å². The first kappa shape index (κ1) is 43.4. The van der Waals surface area contributed by atoms with Crippen molar-refractivity contribution in [1.29, 1.82) is 5.26 Å². The number of hydrogen-bond acceptors (Lipinski definition) is 4. The molecule has 68 heavy (non-hydrogen) atoms. The topological polar surface area (TPSA) is 62.5 Å². The van der Waals surface area contributed by atoms with Crippen LogP contribution in [-0.4, -0.2) is 15.0 Å². The zero-order chi connectivity index (χ0) is 46.2. The normalized spacial score (nSPS) is 11.0. The van der Waals surface area contributed by atoms with Crippen molar-refractivity contribution in [2.24, 2.45) is 0 Å². The summed E-state index contributed by atoms with van der Waals surface area (Å²) in [6.07, 6.45) is 9.24. The summed E-state index contributed by atoms with van der Waals surface area (Å²) in [6, 6.07) is 74.2. The quantitative estimate of drug-likeness (QED) is 0.116. The van der Waals surface area contributed by atoms with E-state index in [-0.39, 0.29) is 0 Å². The second kappa shape index (κ2) is 19.9. The van der Waals surface area contributed by atoms with Gasteiger partial charge in [-0.15, -0.1) is 0 Å². The van der Waals surface area contributed by atoms with Crippen molar-refractivity contribution in [3.63, 3.8) is 0 Å². The lowest BCUT2D eigenvalue weighted by molar-refractivity contribution is 0.931. The maximum Gasteiger partial charge on any atom is 0.0997 e. The van der Waals surface area contributed by atoms with Crippen LogP contribution in [0.5, 0.6) is 0 Å². The molecule has 7 aromatic carbocycles. The third kappa shape index (κ3) is 9.70. The Kier molecular flexibility index (Phi) is 12.7. The molecule has 4 heteroatoms. The van der Waals surface area contributed by atoms with Gasteiger partial charge in [0.1, 0.15) is 0 Å². The van der Waals surface area contributed by atoms with Crippen LogP contribution in [0.25, 0.3) is 78.3 Å². The monoisotopic (exact) mass is 874 g/mol. The summed E-state index contributed by atoms with van der Waals surface area (Å²) in [4.78, 5) is 13.9. The molecule has 3 aromatic heterocycles. The van der Waals surface area contributed by atoms with Gasteiger partial charge in [0.05, 0.1) is 28.7 Å². The largest absolute Gasteiger partial charge is 0.256 e. The maximum absolute atomic E-state index is 9.72. The fourth-order valence-electron chi connectivity index (χ4n) is 9.36. The molecule has 10 rings (SSSR count). The van der Waals surface area contributed by atoms with Gasteiger partial charge in [-0.3, -0.25) is 15.0 Å². The van der Waals surface area contributed by atoms with Gasteiger partial charge in [0.2, 0.25) is 0 Å². The third-order valence-corrected chi connectivity index (χ3v) is 13.0. The average molecular weight is 875 g/mol. The van der Waals surface area contributed by atoms with E-state index in [2.05, 4.69) is 180 Å². The highest BCUT2D eigenvalue weighted by Gasteiger charge is 2.17. The van der Waals surface area contributed by atoms with Crippen LogP contribution in [0, 0.1) is 25.2 Å². The number of nitrogens with zero attached hydrogens (tertiary/aromatic N) is 4. The summed E-state index contributed by atoms with van der Waals surface area (Å²) in [7, 11) is 0. The Labute approximate surface area is 400 Å². The molecule has 4 nitrogen and oxygen atoms in total. The Bertz CT molecular complexity index is 3240. The highest BCUT2D eigenvalue weighted by molar-refractivity contribution is 5.94. The van der Waals surface area contributed by atoms with Crippen molar-refractivity contribution in [2.45, 2.75) is 39.5 Å². The highest BCUT2D eigenvalue weighted by atomic mass is 14.7. The van der Waals surface area contributed by atoms with Crippen molar-refractivity contribution in [3.8, 4) is 84.3 Å². The van der Waals surface area contributed by atoms with Crippen molar-refractivity contribution >= 4 is 0 Å². The average Bonchev–Trinajstić information content (AvgIpc) is 3.40. The van der Waals surface area contributed by atoms with Gasteiger partial charge in [-0.2, -0.15) is 5.26 Å². The minimum atomic E-state index is 0.747. The van der Waals surface area contributed by atoms with Crippen molar-refractivity contribution < 1.29 is 0 Å². The summed E-state index contributed by atoms with van der Waals surface area (Å²) >= 11 is 0. The summed E-state index contributed by atoms with van der Waals surface area (Å²) in [6.45, 7) is 4.03. The summed E-state index contributed by atoms with van der Waals surface area (Å²) in [5.41, 5.74) is 23.4. The van der Waals surface area contributed by atoms with E-state index in [1.54, 1.807) is 0 Å². The molecule has 0 radical (unpaired) electrons. The molecule has 3 heterocycles. The summed E-state index contributed by atoms with van der Waals surface area (Å²) < 4.78 is 0. The molecule has 0 atom stereocenters. The lowest BCUT2D eigenvalue weighted by Gasteiger charge is -2.18. The standard InChI is InChI=1S/C64H50N4/c1-44-37-55(38-45(2)61(44)43-65)50-28-30-51(31-29-50)60-42-54(64-15-7-10-36-68-64)32-33-59(60)58-12-4-3-11-57(58)56-40-48(18-16-46-20-24-52(25-21-46)62-13-5-8-34-66-62)39-49(41-56)19-17-47-22-26-53(27-23-47)63-14-6-9-35-67-63/h3-15,20-42H,16-19H2,1-2H3. The van der Waals surface area contributed by atoms with Crippen molar-refractivity contribution in [3.05, 3.63) is 258 Å². The van der Waals surface area contributed by atoms with Gasteiger partial charge in [0.25, 0.3) is 0 Å². The molecular formula is C64H50N4. The third-order valence-electron chi connectivity index (χ3n) is 13.0. The zero-order valence-corrected chi connectivity index (χ0v) is 38.4. The number of aromatic nitrogens is 3. The van der Waals surface area contributed by atoms with E-state index >= 15 is 0 Å². The van der Waals surface area contributed by atoms with Crippen LogP contribution in [-0.2, 0) is 25.7 Å². The number of aryl methyl sites for hydroxylation is 6. The molecule has 0 aliphatic carbocycles. The van der Waals surface area contributed by atoms with E-state index in [0.717, 1.165) is 104 Å². The van der Waals surface area contributed by atoms with Crippen LogP contribution in [0.4, 0.5) is 0 Å². The molecule has 0 fully saturated rings. The Morgan fingerprint density at radius 3 is 1.25 bits per heavy atom. The number of hydrogen-bond donors (Lipinski definition) is 0. The van der Waals surface area contributed by atoms with E-state index in [1.165, 1.54) is 38.9 Å². The Hall–Kier alpha value is -8.52. The molecule has 0 amide bonds. The van der Waals surface area contributed by atoms with Crippen LogP contribution in [0.2, 0.25) is 0 Å². The van der Waals surface area contributed by atoms with Crippen molar-refractivity contribution in [1.82, 2.24) is 15.0 Å². The fourth-order valence-corrected chi connectivity index (χ4v) is 9.36. The second-order valence-electron chi connectivity index (χ2n) is 17.6. The molecule has 0 unspecified atom stereocenters. The van der Waals surface area contributed by atoms with E-state index in [1.807, 2.05) is 68.8 Å². The first-order valence-electron chi connectivity index (χ1n) is 23.4. The van der Waals surface area contributed by atoms with Gasteiger partial charge >= 0.3 is 0 Å². The van der Waals surface area contributed by atoms with E-state index in [4.69, 9.17) is 4.98 Å². The van der Waals surface area contributed by atoms with E-state index < -0.39 is 0 Å². The maximum atomic E-state index is 9.72. The van der Waals surface area contributed by atoms with Gasteiger partial charge in [-0.25, -0.2) is 0 Å². The molecule has 10 aromatic rings. The van der Waals surface area contributed by atoms with E-state index in [9.17, 15) is 5.26 Å². The predicted molar refractivity (Wildman–Crippen MR) is 280 cm³/mol. The Balaban J connectivity index is 1.02. The van der Waals surface area contributed by atoms with Gasteiger partial charge in [0, 0.05) is 35.3 Å². The van der Waals surface area contributed by atoms with Crippen LogP contribution >= 0.6 is 0 Å². The molecule has 0 saturated heterocycles. The molecule has 0 saturated carbocycles. The number of benzene rings is 7. The lowest BCUT2D eigenvalue weighted by atomic mass is 9.86. The molecule has 0 aliphatic rings. The van der Waals surface area contributed by atoms with Gasteiger partial charge in [-0.05, 0) is 160 Å². The molecule has 0 aliphatic heterocycles. The van der Waals surface area contributed by atoms with Crippen LogP contribution in [0.3, 0.4) is 0 Å². The lowest BCUT2D eigenvalue weighted by Crippen LogP contribution is -1.98. The predicted octanol–water partition coefficient (Wildman–Crippen LogP) is 15.6.